The summed E-state index contributed by atoms with van der Waals surface area (Å²) in [6.45, 7) is 1.58. The van der Waals surface area contributed by atoms with Crippen LogP contribution < -0.4 is 0 Å². The summed E-state index contributed by atoms with van der Waals surface area (Å²) in [6.07, 6.45) is -4.53. The number of halogens is 4. The summed E-state index contributed by atoms with van der Waals surface area (Å²) in [5, 5.41) is 14.2. The summed E-state index contributed by atoms with van der Waals surface area (Å²) in [5.74, 6) is 0.353. The lowest BCUT2D eigenvalue weighted by molar-refractivity contribution is -0.137. The molecule has 0 radical (unpaired) electrons. The molecule has 2 aromatic rings. The van der Waals surface area contributed by atoms with Gasteiger partial charge in [0.05, 0.1) is 10.6 Å². The van der Waals surface area contributed by atoms with Crippen LogP contribution in [0.15, 0.2) is 18.2 Å². The molecule has 2 rings (SSSR count). The molecule has 0 unspecified atom stereocenters. The Morgan fingerprint density at radius 3 is 2.22 bits per heavy atom. The Morgan fingerprint density at radius 1 is 1.06 bits per heavy atom. The number of nitrogens with zero attached hydrogens (tertiary/aromatic N) is 4. The minimum absolute atomic E-state index is 0.0165. The maximum atomic E-state index is 12.7. The first-order chi connectivity index (χ1) is 8.38. The van der Waals surface area contributed by atoms with Crippen LogP contribution in [0.3, 0.4) is 0 Å². The fourth-order valence-corrected chi connectivity index (χ4v) is 1.50. The monoisotopic (exact) mass is 274 g/mol. The van der Waals surface area contributed by atoms with Crippen molar-refractivity contribution in [2.45, 2.75) is 13.1 Å². The van der Waals surface area contributed by atoms with Crippen molar-refractivity contribution in [3.8, 4) is 11.4 Å². The number of aromatic nitrogens is 4. The van der Waals surface area contributed by atoms with Crippen LogP contribution in [-0.4, -0.2) is 20.4 Å². The van der Waals surface area contributed by atoms with E-state index >= 15 is 0 Å². The maximum Gasteiger partial charge on any atom is 0.417 e. The molecule has 4 nitrogen and oxygen atoms in total. The standard InChI is InChI=1S/C10H6ClF3N4/c1-5-15-17-9(18-16-5)6-2-3-8(11)7(4-6)10(12,13)14/h2-4H,1H3. The molecule has 8 heteroatoms. The molecule has 18 heavy (non-hydrogen) atoms. The van der Waals surface area contributed by atoms with Gasteiger partial charge in [-0.2, -0.15) is 13.2 Å². The van der Waals surface area contributed by atoms with Crippen molar-refractivity contribution in [2.75, 3.05) is 0 Å². The Labute approximate surface area is 105 Å². The van der Waals surface area contributed by atoms with Gasteiger partial charge in [0, 0.05) is 5.56 Å². The number of aryl methyl sites for hydroxylation is 1. The van der Waals surface area contributed by atoms with E-state index in [9.17, 15) is 13.2 Å². The molecule has 0 amide bonds. The minimum atomic E-state index is -4.53. The summed E-state index contributed by atoms with van der Waals surface area (Å²) >= 11 is 5.50. The molecule has 0 bridgehead atoms. The molecule has 0 atom stereocenters. The molecule has 0 aliphatic heterocycles. The number of alkyl halides is 3. The Bertz CT molecular complexity index is 568. The first-order valence-corrected chi connectivity index (χ1v) is 5.17. The van der Waals surface area contributed by atoms with Crippen molar-refractivity contribution in [3.05, 3.63) is 34.6 Å². The van der Waals surface area contributed by atoms with E-state index in [0.29, 0.717) is 5.82 Å². The lowest BCUT2D eigenvalue weighted by Crippen LogP contribution is -2.06. The highest BCUT2D eigenvalue weighted by molar-refractivity contribution is 6.31. The van der Waals surface area contributed by atoms with Gasteiger partial charge in [0.1, 0.15) is 0 Å². The summed E-state index contributed by atoms with van der Waals surface area (Å²) in [4.78, 5) is 0. The Hall–Kier alpha value is -1.76. The van der Waals surface area contributed by atoms with Crippen molar-refractivity contribution < 1.29 is 13.2 Å². The highest BCUT2D eigenvalue weighted by Gasteiger charge is 2.33. The molecule has 0 saturated carbocycles. The molecular formula is C10H6ClF3N4. The minimum Gasteiger partial charge on any atom is -0.166 e. The van der Waals surface area contributed by atoms with Gasteiger partial charge < -0.3 is 0 Å². The van der Waals surface area contributed by atoms with Crippen LogP contribution in [0.25, 0.3) is 11.4 Å². The van der Waals surface area contributed by atoms with Crippen molar-refractivity contribution in [2.24, 2.45) is 0 Å². The number of hydrogen-bond donors (Lipinski definition) is 0. The summed E-state index contributed by atoms with van der Waals surface area (Å²) in [7, 11) is 0. The van der Waals surface area contributed by atoms with E-state index in [1.807, 2.05) is 0 Å². The zero-order chi connectivity index (χ0) is 13.3. The van der Waals surface area contributed by atoms with E-state index in [1.165, 1.54) is 6.07 Å². The van der Waals surface area contributed by atoms with Gasteiger partial charge in [-0.15, -0.1) is 20.4 Å². The van der Waals surface area contributed by atoms with Crippen LogP contribution in [0, 0.1) is 6.92 Å². The van der Waals surface area contributed by atoms with Crippen molar-refractivity contribution >= 4 is 11.6 Å². The molecule has 0 spiro atoms. The Kier molecular flexibility index (Phi) is 3.16. The third-order valence-corrected chi connectivity index (χ3v) is 2.44. The van der Waals surface area contributed by atoms with Gasteiger partial charge >= 0.3 is 6.18 Å². The average molecular weight is 275 g/mol. The van der Waals surface area contributed by atoms with E-state index in [-0.39, 0.29) is 16.4 Å². The van der Waals surface area contributed by atoms with Crippen LogP contribution in [0.5, 0.6) is 0 Å². The lowest BCUT2D eigenvalue weighted by atomic mass is 10.1. The number of benzene rings is 1. The van der Waals surface area contributed by atoms with E-state index in [0.717, 1.165) is 12.1 Å². The fourth-order valence-electron chi connectivity index (χ4n) is 1.28. The average Bonchev–Trinajstić information content (AvgIpc) is 2.29. The first-order valence-electron chi connectivity index (χ1n) is 4.79. The van der Waals surface area contributed by atoms with E-state index < -0.39 is 11.7 Å². The van der Waals surface area contributed by atoms with Crippen molar-refractivity contribution in [1.82, 2.24) is 20.4 Å². The highest BCUT2D eigenvalue weighted by Crippen LogP contribution is 2.36. The van der Waals surface area contributed by atoms with Gasteiger partial charge in [0.15, 0.2) is 5.82 Å². The predicted octanol–water partition coefficient (Wildman–Crippen LogP) is 2.91. The van der Waals surface area contributed by atoms with Crippen molar-refractivity contribution in [3.63, 3.8) is 0 Å². The Balaban J connectivity index is 2.50. The fraction of sp³-hybridized carbons (Fsp3) is 0.200. The summed E-state index contributed by atoms with van der Waals surface area (Å²) in [6, 6.07) is 3.39. The van der Waals surface area contributed by atoms with E-state index in [4.69, 9.17) is 11.6 Å². The summed E-state index contributed by atoms with van der Waals surface area (Å²) in [5.41, 5.74) is -0.780. The number of hydrogen-bond acceptors (Lipinski definition) is 4. The van der Waals surface area contributed by atoms with Gasteiger partial charge in [-0.25, -0.2) is 0 Å². The van der Waals surface area contributed by atoms with Gasteiger partial charge in [0.2, 0.25) is 5.82 Å². The van der Waals surface area contributed by atoms with Crippen molar-refractivity contribution in [1.29, 1.82) is 0 Å². The molecule has 0 aliphatic rings. The van der Waals surface area contributed by atoms with Gasteiger partial charge in [0.25, 0.3) is 0 Å². The zero-order valence-corrected chi connectivity index (χ0v) is 9.79. The molecule has 1 heterocycles. The molecule has 1 aromatic carbocycles. The zero-order valence-electron chi connectivity index (χ0n) is 9.03. The predicted molar refractivity (Wildman–Crippen MR) is 57.8 cm³/mol. The maximum absolute atomic E-state index is 12.7. The normalized spacial score (nSPS) is 11.6. The molecule has 0 fully saturated rings. The molecule has 0 N–H and O–H groups in total. The smallest absolute Gasteiger partial charge is 0.166 e. The van der Waals surface area contributed by atoms with Crippen LogP contribution >= 0.6 is 11.6 Å². The third-order valence-electron chi connectivity index (χ3n) is 2.11. The molecular weight excluding hydrogens is 269 g/mol. The van der Waals surface area contributed by atoms with Crippen LogP contribution in [-0.2, 0) is 6.18 Å². The highest BCUT2D eigenvalue weighted by atomic mass is 35.5. The first kappa shape index (κ1) is 12.7. The molecule has 94 valence electrons. The third kappa shape index (κ3) is 2.56. The lowest BCUT2D eigenvalue weighted by Gasteiger charge is -2.09. The quantitative estimate of drug-likeness (QED) is 0.802. The van der Waals surface area contributed by atoms with Gasteiger partial charge in [-0.3, -0.25) is 0 Å². The second-order valence-corrected chi connectivity index (χ2v) is 3.87. The van der Waals surface area contributed by atoms with E-state index in [2.05, 4.69) is 20.4 Å². The largest absolute Gasteiger partial charge is 0.417 e. The van der Waals surface area contributed by atoms with Gasteiger partial charge in [-0.1, -0.05) is 11.6 Å². The second kappa shape index (κ2) is 4.49. The molecule has 0 saturated heterocycles. The van der Waals surface area contributed by atoms with Crippen LogP contribution in [0.2, 0.25) is 5.02 Å². The summed E-state index contributed by atoms with van der Waals surface area (Å²) < 4.78 is 38.0. The van der Waals surface area contributed by atoms with Gasteiger partial charge in [-0.05, 0) is 25.1 Å². The second-order valence-electron chi connectivity index (χ2n) is 3.46. The molecule has 1 aromatic heterocycles. The SMILES string of the molecule is Cc1nnc(-c2ccc(Cl)c(C(F)(F)F)c2)nn1. The van der Waals surface area contributed by atoms with Crippen LogP contribution in [0.1, 0.15) is 11.4 Å². The number of rotatable bonds is 1. The van der Waals surface area contributed by atoms with Crippen LogP contribution in [0.4, 0.5) is 13.2 Å². The topological polar surface area (TPSA) is 51.6 Å². The molecule has 0 aliphatic carbocycles. The van der Waals surface area contributed by atoms with E-state index in [1.54, 1.807) is 6.92 Å². The Morgan fingerprint density at radius 2 is 1.67 bits per heavy atom.